The second-order valence-electron chi connectivity index (χ2n) is 3.25. The van der Waals surface area contributed by atoms with Crippen molar-refractivity contribution >= 4 is 40.5 Å². The van der Waals surface area contributed by atoms with Crippen LogP contribution in [0.4, 0.5) is 0 Å². The number of hydrogen-bond acceptors (Lipinski definition) is 5. The molecule has 2 N–H and O–H groups in total. The first-order valence-corrected chi connectivity index (χ1v) is 7.56. The van der Waals surface area contributed by atoms with Crippen LogP contribution in [0.15, 0.2) is 29.4 Å². The minimum absolute atomic E-state index is 0.716. The summed E-state index contributed by atoms with van der Waals surface area (Å²) in [5.41, 5.74) is 2.65. The van der Waals surface area contributed by atoms with Gasteiger partial charge in [-0.2, -0.15) is 17.7 Å². The van der Waals surface area contributed by atoms with Crippen molar-refractivity contribution in [3.63, 3.8) is 0 Å². The molecule has 0 fully saturated rings. The van der Waals surface area contributed by atoms with E-state index in [9.17, 15) is 0 Å². The molecule has 1 aromatic carbocycles. The first kappa shape index (κ1) is 13.8. The molecule has 1 rings (SSSR count). The molecule has 0 aromatic heterocycles. The maximum atomic E-state index is 5.27. The molecule has 5 heteroatoms. The Kier molecular flexibility index (Phi) is 6.84. The highest BCUT2D eigenvalue weighted by molar-refractivity contribution is 8.40. The van der Waals surface area contributed by atoms with Gasteiger partial charge >= 0.3 is 0 Å². The number of nitrogens with two attached hydrogens (primary N) is 1. The summed E-state index contributed by atoms with van der Waals surface area (Å²) in [5, 5.41) is 4.43. The average molecular weight is 272 g/mol. The van der Waals surface area contributed by atoms with Gasteiger partial charge in [0.25, 0.3) is 0 Å². The van der Waals surface area contributed by atoms with Gasteiger partial charge in [-0.05, 0) is 18.9 Å². The number of aryl methyl sites for hydroxylation is 2. The molecule has 16 heavy (non-hydrogen) atoms. The number of nitrogens with zero attached hydrogens (tertiary/aromatic N) is 1. The minimum atomic E-state index is 0.716. The molecule has 0 saturated carbocycles. The van der Waals surface area contributed by atoms with E-state index < -0.39 is 0 Å². The Morgan fingerprint density at radius 2 is 2.00 bits per heavy atom. The molecule has 2 nitrogen and oxygen atoms in total. The molecule has 0 heterocycles. The number of thioether (sulfide) groups is 2. The Balaban J connectivity index is 2.32. The van der Waals surface area contributed by atoms with E-state index in [1.54, 1.807) is 23.5 Å². The van der Waals surface area contributed by atoms with Gasteiger partial charge in [0, 0.05) is 10.8 Å². The molecule has 0 amide bonds. The predicted molar refractivity (Wildman–Crippen MR) is 80.4 cm³/mol. The van der Waals surface area contributed by atoms with Crippen LogP contribution in [0.2, 0.25) is 0 Å². The number of hydrogen-bond donors (Lipinski definition) is 2. The Labute approximate surface area is 111 Å². The van der Waals surface area contributed by atoms with Gasteiger partial charge in [-0.1, -0.05) is 53.4 Å². The van der Waals surface area contributed by atoms with Crippen LogP contribution >= 0.6 is 36.2 Å². The Morgan fingerprint density at radius 3 is 2.56 bits per heavy atom. The quantitative estimate of drug-likeness (QED) is 0.221. The van der Waals surface area contributed by atoms with Crippen molar-refractivity contribution in [3.05, 3.63) is 35.4 Å². The van der Waals surface area contributed by atoms with Gasteiger partial charge in [-0.25, -0.2) is 0 Å². The van der Waals surface area contributed by atoms with E-state index in [1.807, 2.05) is 0 Å². The van der Waals surface area contributed by atoms with Crippen LogP contribution in [-0.4, -0.2) is 15.2 Å². The first-order chi connectivity index (χ1) is 7.76. The third-order valence-electron chi connectivity index (χ3n) is 2.03. The lowest BCUT2D eigenvalue weighted by molar-refractivity contribution is 1.15. The van der Waals surface area contributed by atoms with E-state index in [1.165, 1.54) is 11.1 Å². The van der Waals surface area contributed by atoms with Gasteiger partial charge < -0.3 is 5.84 Å². The Hall–Kier alpha value is -0.260. The van der Waals surface area contributed by atoms with Crippen molar-refractivity contribution in [1.29, 1.82) is 0 Å². The van der Waals surface area contributed by atoms with Crippen LogP contribution in [0.5, 0.6) is 0 Å². The van der Waals surface area contributed by atoms with Gasteiger partial charge in [0.05, 0.1) is 0 Å². The van der Waals surface area contributed by atoms with Gasteiger partial charge in [0.2, 0.25) is 0 Å². The standard InChI is InChI=1S/C11H16N2S3/c1-9-2-4-10(5-3-9)6-7-15-11(13-12)16-8-14/h2-5,14H,6-8,12H2,1H3/b13-11-. The molecule has 0 aliphatic rings. The zero-order chi connectivity index (χ0) is 11.8. The largest absolute Gasteiger partial charge is 0.322 e. The van der Waals surface area contributed by atoms with E-state index in [2.05, 4.69) is 48.9 Å². The van der Waals surface area contributed by atoms with Gasteiger partial charge in [0.15, 0.2) is 0 Å². The summed E-state index contributed by atoms with van der Waals surface area (Å²) >= 11 is 7.38. The van der Waals surface area contributed by atoms with Crippen LogP contribution < -0.4 is 5.84 Å². The maximum Gasteiger partial charge on any atom is 0.150 e. The van der Waals surface area contributed by atoms with Crippen molar-refractivity contribution < 1.29 is 0 Å². The summed E-state index contributed by atoms with van der Waals surface area (Å²) in [6, 6.07) is 8.61. The summed E-state index contributed by atoms with van der Waals surface area (Å²) in [6.45, 7) is 2.10. The van der Waals surface area contributed by atoms with Crippen LogP contribution in [-0.2, 0) is 6.42 Å². The van der Waals surface area contributed by atoms with Crippen molar-refractivity contribution in [2.45, 2.75) is 13.3 Å². The highest BCUT2D eigenvalue weighted by Crippen LogP contribution is 2.18. The molecular weight excluding hydrogens is 256 g/mol. The van der Waals surface area contributed by atoms with Gasteiger partial charge in [-0.3, -0.25) is 0 Å². The predicted octanol–water partition coefficient (Wildman–Crippen LogP) is 3.12. The third-order valence-corrected chi connectivity index (χ3v) is 4.37. The van der Waals surface area contributed by atoms with E-state index in [-0.39, 0.29) is 0 Å². The highest BCUT2D eigenvalue weighted by Gasteiger charge is 2.00. The van der Waals surface area contributed by atoms with Crippen molar-refractivity contribution in [2.24, 2.45) is 10.9 Å². The third kappa shape index (κ3) is 5.18. The van der Waals surface area contributed by atoms with E-state index >= 15 is 0 Å². The summed E-state index contributed by atoms with van der Waals surface area (Å²) in [5.74, 6) is 6.27. The van der Waals surface area contributed by atoms with Crippen molar-refractivity contribution in [3.8, 4) is 0 Å². The summed E-state index contributed by atoms with van der Waals surface area (Å²) in [6.07, 6.45) is 1.04. The van der Waals surface area contributed by atoms with Crippen LogP contribution in [0, 0.1) is 6.92 Å². The number of thiol groups is 1. The molecule has 0 spiro atoms. The highest BCUT2D eigenvalue weighted by atomic mass is 32.2. The van der Waals surface area contributed by atoms with Gasteiger partial charge in [-0.15, -0.1) is 0 Å². The molecule has 88 valence electrons. The molecule has 0 aliphatic carbocycles. The molecule has 0 atom stereocenters. The fourth-order valence-corrected chi connectivity index (χ4v) is 3.34. The maximum absolute atomic E-state index is 5.27. The van der Waals surface area contributed by atoms with Crippen LogP contribution in [0.3, 0.4) is 0 Å². The summed E-state index contributed by atoms with van der Waals surface area (Å²) in [4.78, 5) is 0. The monoisotopic (exact) mass is 272 g/mol. The lowest BCUT2D eigenvalue weighted by Gasteiger charge is -2.03. The fourth-order valence-electron chi connectivity index (χ4n) is 1.18. The number of hydrazone groups is 1. The van der Waals surface area contributed by atoms with Crippen LogP contribution in [0.25, 0.3) is 0 Å². The summed E-state index contributed by atoms with van der Waals surface area (Å²) < 4.78 is 0.905. The van der Waals surface area contributed by atoms with Gasteiger partial charge in [0.1, 0.15) is 4.38 Å². The average Bonchev–Trinajstić information content (AvgIpc) is 2.30. The van der Waals surface area contributed by atoms with Crippen molar-refractivity contribution in [2.75, 3.05) is 10.8 Å². The molecule has 0 bridgehead atoms. The zero-order valence-corrected chi connectivity index (χ0v) is 11.7. The van der Waals surface area contributed by atoms with E-state index in [4.69, 9.17) is 5.84 Å². The topological polar surface area (TPSA) is 38.4 Å². The van der Waals surface area contributed by atoms with Crippen molar-refractivity contribution in [1.82, 2.24) is 0 Å². The Morgan fingerprint density at radius 1 is 1.31 bits per heavy atom. The summed E-state index contributed by atoms with van der Waals surface area (Å²) in [7, 11) is 0. The second kappa shape index (κ2) is 7.92. The van der Waals surface area contributed by atoms with E-state index in [0.717, 1.165) is 16.5 Å². The molecule has 0 saturated heterocycles. The number of benzene rings is 1. The normalized spacial score (nSPS) is 11.8. The number of rotatable bonds is 4. The van der Waals surface area contributed by atoms with Crippen LogP contribution in [0.1, 0.15) is 11.1 Å². The zero-order valence-electron chi connectivity index (χ0n) is 9.22. The lowest BCUT2D eigenvalue weighted by Crippen LogP contribution is -1.96. The fraction of sp³-hybridized carbons (Fsp3) is 0.364. The molecule has 0 aliphatic heterocycles. The van der Waals surface area contributed by atoms with E-state index in [0.29, 0.717) is 5.08 Å². The molecule has 0 unspecified atom stereocenters. The minimum Gasteiger partial charge on any atom is -0.322 e. The molecular formula is C11H16N2S3. The Bertz CT molecular complexity index is 336. The SMILES string of the molecule is Cc1ccc(CCS/C(=N/N)SCS)cc1. The molecule has 0 radical (unpaired) electrons. The second-order valence-corrected chi connectivity index (χ2v) is 6.30. The molecule has 1 aromatic rings. The smallest absolute Gasteiger partial charge is 0.150 e. The lowest BCUT2D eigenvalue weighted by atomic mass is 10.1. The first-order valence-electron chi connectivity index (χ1n) is 4.96.